The van der Waals surface area contributed by atoms with E-state index in [0.717, 1.165) is 0 Å². The predicted octanol–water partition coefficient (Wildman–Crippen LogP) is 0.301. The molecule has 1 aromatic rings. The Balaban J connectivity index is 0.000000325. The van der Waals surface area contributed by atoms with Gasteiger partial charge in [-0.05, 0) is 12.1 Å². The largest absolute Gasteiger partial charge is 0.480 e. The summed E-state index contributed by atoms with van der Waals surface area (Å²) in [4.78, 5) is 9.49. The molecule has 1 atom stereocenters. The predicted molar refractivity (Wildman–Crippen MR) is 57.8 cm³/mol. The van der Waals surface area contributed by atoms with E-state index >= 15 is 0 Å². The quantitative estimate of drug-likeness (QED) is 0.676. The van der Waals surface area contributed by atoms with Crippen molar-refractivity contribution < 1.29 is 27.3 Å². The lowest BCUT2D eigenvalue weighted by Crippen LogP contribution is -2.31. The van der Waals surface area contributed by atoms with Gasteiger partial charge in [-0.2, -0.15) is 8.42 Å². The highest BCUT2D eigenvalue weighted by Gasteiger charge is 2.08. The van der Waals surface area contributed by atoms with Crippen LogP contribution in [0, 0.1) is 0 Å². The molecule has 1 unspecified atom stereocenters. The second-order valence-electron chi connectivity index (χ2n) is 2.89. The van der Waals surface area contributed by atoms with Crippen LogP contribution in [0.1, 0.15) is 0 Å². The van der Waals surface area contributed by atoms with E-state index in [4.69, 9.17) is 9.66 Å². The second kappa shape index (κ2) is 6.94. The molecule has 0 aliphatic rings. The van der Waals surface area contributed by atoms with Gasteiger partial charge in [-0.15, -0.1) is 0 Å². The van der Waals surface area contributed by atoms with E-state index in [1.165, 1.54) is 12.1 Å². The Morgan fingerprint density at radius 3 is 2.00 bits per heavy atom. The third kappa shape index (κ3) is 6.61. The fourth-order valence-electron chi connectivity index (χ4n) is 0.658. The summed E-state index contributed by atoms with van der Waals surface area (Å²) in [6.45, 7) is -1.00. The fourth-order valence-corrected chi connectivity index (χ4v) is 1.16. The third-order valence-electron chi connectivity index (χ3n) is 1.52. The number of halogens is 1. The number of benzene rings is 1. The first kappa shape index (κ1) is 15.5. The Kier molecular flexibility index (Phi) is 6.33. The van der Waals surface area contributed by atoms with Crippen LogP contribution in [0.25, 0.3) is 0 Å². The number of aliphatic carboxylic acids is 1. The van der Waals surface area contributed by atoms with Gasteiger partial charge in [0.25, 0.3) is 10.1 Å². The highest BCUT2D eigenvalue weighted by molar-refractivity contribution is 7.85. The number of carbonyl (C=O) groups is 1. The number of carboxylic acid groups (broad SMARTS) is 1. The molecular weight excluding hydrogens is 253 g/mol. The van der Waals surface area contributed by atoms with Gasteiger partial charge < -0.3 is 10.8 Å². The topological polar surface area (TPSA) is 118 Å². The average Bonchev–Trinajstić information content (AvgIpc) is 2.28. The first-order chi connectivity index (χ1) is 7.79. The van der Waals surface area contributed by atoms with Gasteiger partial charge in [0.05, 0.1) is 4.90 Å². The van der Waals surface area contributed by atoms with Crippen LogP contribution < -0.4 is 5.73 Å². The zero-order valence-corrected chi connectivity index (χ0v) is 9.47. The highest BCUT2D eigenvalue weighted by atomic mass is 32.2. The van der Waals surface area contributed by atoms with E-state index in [-0.39, 0.29) is 4.90 Å². The number of hydrogen-bond donors (Lipinski definition) is 3. The van der Waals surface area contributed by atoms with Crippen molar-refractivity contribution >= 4 is 16.1 Å². The molecule has 1 rings (SSSR count). The summed E-state index contributed by atoms with van der Waals surface area (Å²) in [6, 6.07) is 6.07. The smallest absolute Gasteiger partial charge is 0.323 e. The molecule has 96 valence electrons. The van der Waals surface area contributed by atoms with Crippen LogP contribution in [0.5, 0.6) is 0 Å². The van der Waals surface area contributed by atoms with Crippen molar-refractivity contribution in [3.8, 4) is 0 Å². The van der Waals surface area contributed by atoms with Crippen LogP contribution in [0.2, 0.25) is 0 Å². The molecule has 0 radical (unpaired) electrons. The van der Waals surface area contributed by atoms with E-state index in [0.29, 0.717) is 0 Å². The molecular formula is C9H12FNO5S. The summed E-state index contributed by atoms with van der Waals surface area (Å²) in [5.74, 6) is -1.30. The zero-order valence-electron chi connectivity index (χ0n) is 8.65. The Labute approximate surface area is 97.6 Å². The molecule has 0 spiro atoms. The van der Waals surface area contributed by atoms with Crippen LogP contribution in [0.4, 0.5) is 4.39 Å². The van der Waals surface area contributed by atoms with Gasteiger partial charge in [-0.1, -0.05) is 18.2 Å². The maximum atomic E-state index is 11.1. The molecule has 0 bridgehead atoms. The van der Waals surface area contributed by atoms with Crippen LogP contribution in [-0.4, -0.2) is 36.8 Å². The van der Waals surface area contributed by atoms with Crippen LogP contribution >= 0.6 is 0 Å². The SMILES string of the molecule is NC(CF)C(=O)O.O=S(=O)(O)c1ccccc1. The van der Waals surface area contributed by atoms with Crippen molar-refractivity contribution in [1.82, 2.24) is 0 Å². The van der Waals surface area contributed by atoms with Crippen molar-refractivity contribution in [2.45, 2.75) is 10.9 Å². The zero-order chi connectivity index (χ0) is 13.5. The Bertz CT molecular complexity index is 448. The minimum Gasteiger partial charge on any atom is -0.480 e. The van der Waals surface area contributed by atoms with Gasteiger partial charge in [0.15, 0.2) is 0 Å². The number of rotatable bonds is 3. The highest BCUT2D eigenvalue weighted by Crippen LogP contribution is 2.05. The van der Waals surface area contributed by atoms with Crippen molar-refractivity contribution in [2.24, 2.45) is 5.73 Å². The molecule has 0 amide bonds. The van der Waals surface area contributed by atoms with Crippen LogP contribution in [-0.2, 0) is 14.9 Å². The molecule has 0 heterocycles. The molecule has 0 aliphatic carbocycles. The van der Waals surface area contributed by atoms with Gasteiger partial charge >= 0.3 is 5.97 Å². The molecule has 1 aromatic carbocycles. The van der Waals surface area contributed by atoms with Gasteiger partial charge in [0.1, 0.15) is 12.7 Å². The molecule has 0 saturated heterocycles. The minimum absolute atomic E-state index is 0.0741. The Hall–Kier alpha value is -1.51. The van der Waals surface area contributed by atoms with Gasteiger partial charge in [0, 0.05) is 0 Å². The molecule has 0 aromatic heterocycles. The van der Waals surface area contributed by atoms with E-state index in [1.807, 2.05) is 0 Å². The minimum atomic E-state index is -4.00. The molecule has 0 aliphatic heterocycles. The first-order valence-corrected chi connectivity index (χ1v) is 5.80. The van der Waals surface area contributed by atoms with Crippen molar-refractivity contribution in [3.05, 3.63) is 30.3 Å². The normalized spacial score (nSPS) is 12.2. The average molecular weight is 265 g/mol. The van der Waals surface area contributed by atoms with Gasteiger partial charge in [0.2, 0.25) is 0 Å². The summed E-state index contributed by atoms with van der Waals surface area (Å²) in [5, 5.41) is 7.82. The number of nitrogens with two attached hydrogens (primary N) is 1. The van der Waals surface area contributed by atoms with Crippen LogP contribution in [0.15, 0.2) is 35.2 Å². The summed E-state index contributed by atoms with van der Waals surface area (Å²) in [6.07, 6.45) is 0. The Morgan fingerprint density at radius 1 is 1.35 bits per heavy atom. The van der Waals surface area contributed by atoms with E-state index in [1.54, 1.807) is 18.2 Å². The molecule has 0 saturated carbocycles. The number of alkyl halides is 1. The fraction of sp³-hybridized carbons (Fsp3) is 0.222. The van der Waals surface area contributed by atoms with E-state index in [2.05, 4.69) is 5.73 Å². The maximum Gasteiger partial charge on any atom is 0.323 e. The lowest BCUT2D eigenvalue weighted by molar-refractivity contribution is -0.138. The molecule has 8 heteroatoms. The molecule has 0 fully saturated rings. The van der Waals surface area contributed by atoms with Crippen molar-refractivity contribution in [3.63, 3.8) is 0 Å². The molecule has 6 nitrogen and oxygen atoms in total. The van der Waals surface area contributed by atoms with Crippen molar-refractivity contribution in [1.29, 1.82) is 0 Å². The third-order valence-corrected chi connectivity index (χ3v) is 2.39. The maximum absolute atomic E-state index is 11.1. The monoisotopic (exact) mass is 265 g/mol. The summed E-state index contributed by atoms with van der Waals surface area (Å²) in [5.41, 5.74) is 4.64. The second-order valence-corrected chi connectivity index (χ2v) is 4.31. The van der Waals surface area contributed by atoms with E-state index in [9.17, 15) is 17.6 Å². The first-order valence-electron chi connectivity index (χ1n) is 4.36. The van der Waals surface area contributed by atoms with Crippen molar-refractivity contribution in [2.75, 3.05) is 6.67 Å². The lowest BCUT2D eigenvalue weighted by atomic mass is 10.4. The lowest BCUT2D eigenvalue weighted by Gasteiger charge is -1.94. The molecule has 17 heavy (non-hydrogen) atoms. The standard InChI is InChI=1S/C6H6O3S.C3H6FNO2/c7-10(8,9)6-4-2-1-3-5-6;4-1-2(5)3(6)7/h1-5H,(H,7,8,9);2H,1,5H2,(H,6,7). The van der Waals surface area contributed by atoms with E-state index < -0.39 is 28.8 Å². The molecule has 4 N–H and O–H groups in total. The summed E-state index contributed by atoms with van der Waals surface area (Å²) >= 11 is 0. The van der Waals surface area contributed by atoms with Gasteiger partial charge in [-0.25, -0.2) is 4.39 Å². The number of hydrogen-bond acceptors (Lipinski definition) is 4. The number of carboxylic acids is 1. The Morgan fingerprint density at radius 2 is 1.82 bits per heavy atom. The van der Waals surface area contributed by atoms with Gasteiger partial charge in [-0.3, -0.25) is 9.35 Å². The summed E-state index contributed by atoms with van der Waals surface area (Å²) in [7, 11) is -4.00. The summed E-state index contributed by atoms with van der Waals surface area (Å²) < 4.78 is 40.4. The van der Waals surface area contributed by atoms with Crippen LogP contribution in [0.3, 0.4) is 0 Å².